The molecule has 4 atom stereocenters. The Kier molecular flexibility index (Phi) is 10.4. The molecular formula is C30H44N2O6. The molecule has 2 aromatic rings. The number of hydrogen-bond acceptors (Lipinski definition) is 8. The molecule has 4 N–H and O–H groups in total. The van der Waals surface area contributed by atoms with Gasteiger partial charge in [-0.3, -0.25) is 0 Å². The van der Waals surface area contributed by atoms with Gasteiger partial charge in [-0.25, -0.2) is 0 Å². The van der Waals surface area contributed by atoms with Crippen LogP contribution in [0.25, 0.3) is 11.1 Å². The summed E-state index contributed by atoms with van der Waals surface area (Å²) in [6.45, 7) is 9.66. The Labute approximate surface area is 226 Å². The van der Waals surface area contributed by atoms with Gasteiger partial charge in [0.1, 0.15) is 11.5 Å². The molecule has 0 radical (unpaired) electrons. The van der Waals surface area contributed by atoms with Crippen molar-refractivity contribution in [2.45, 2.75) is 63.9 Å². The zero-order chi connectivity index (χ0) is 27.1. The molecule has 2 saturated heterocycles. The highest BCUT2D eigenvalue weighted by Gasteiger charge is 2.26. The normalized spacial score (nSPS) is 24.9. The van der Waals surface area contributed by atoms with Crippen LogP contribution < -0.4 is 9.47 Å². The lowest BCUT2D eigenvalue weighted by atomic mass is 9.95. The van der Waals surface area contributed by atoms with Gasteiger partial charge in [-0.15, -0.1) is 0 Å². The molecule has 0 aromatic heterocycles. The lowest BCUT2D eigenvalue weighted by Crippen LogP contribution is -2.46. The van der Waals surface area contributed by atoms with E-state index in [4.69, 9.17) is 9.47 Å². The number of piperidine rings is 2. The maximum absolute atomic E-state index is 9.88. The number of rotatable bonds is 11. The van der Waals surface area contributed by atoms with Gasteiger partial charge in [-0.2, -0.15) is 0 Å². The van der Waals surface area contributed by atoms with E-state index in [0.29, 0.717) is 39.1 Å². The fourth-order valence-electron chi connectivity index (χ4n) is 5.44. The molecule has 2 heterocycles. The first-order chi connectivity index (χ1) is 18.3. The van der Waals surface area contributed by atoms with Crippen LogP contribution in [-0.2, 0) is 0 Å². The first-order valence-corrected chi connectivity index (χ1v) is 14.0. The van der Waals surface area contributed by atoms with Crippen LogP contribution in [0.4, 0.5) is 0 Å². The summed E-state index contributed by atoms with van der Waals surface area (Å²) in [7, 11) is 0. The summed E-state index contributed by atoms with van der Waals surface area (Å²) in [6, 6.07) is 12.3. The molecular weight excluding hydrogens is 484 g/mol. The van der Waals surface area contributed by atoms with Crippen LogP contribution in [-0.4, -0.2) is 107 Å². The number of aliphatic hydroxyl groups excluding tert-OH is 4. The SMILES string of the molecule is Cc1c(OCCCN2CC[C@H](O)[C@@H](O)C2)cccc1-c1cccc(OCCCN2CC[C@H](O)[C@@H](O)C2)c1C. The molecule has 0 bridgehead atoms. The maximum Gasteiger partial charge on any atom is 0.122 e. The van der Waals surface area contributed by atoms with Gasteiger partial charge < -0.3 is 39.7 Å². The van der Waals surface area contributed by atoms with Gasteiger partial charge >= 0.3 is 0 Å². The van der Waals surface area contributed by atoms with Gasteiger partial charge in [0.25, 0.3) is 0 Å². The van der Waals surface area contributed by atoms with Crippen LogP contribution in [0, 0.1) is 13.8 Å². The molecule has 8 heteroatoms. The highest BCUT2D eigenvalue weighted by molar-refractivity contribution is 5.74. The Morgan fingerprint density at radius 1 is 0.658 bits per heavy atom. The monoisotopic (exact) mass is 528 g/mol. The van der Waals surface area contributed by atoms with Crippen LogP contribution in [0.1, 0.15) is 36.8 Å². The predicted molar refractivity (Wildman–Crippen MR) is 148 cm³/mol. The lowest BCUT2D eigenvalue weighted by Gasteiger charge is -2.33. The van der Waals surface area contributed by atoms with Crippen molar-refractivity contribution in [2.75, 3.05) is 52.5 Å². The average Bonchev–Trinajstić information content (AvgIpc) is 2.90. The number of likely N-dealkylation sites (tertiary alicyclic amines) is 2. The minimum Gasteiger partial charge on any atom is -0.493 e. The van der Waals surface area contributed by atoms with Crippen molar-refractivity contribution < 1.29 is 29.9 Å². The van der Waals surface area contributed by atoms with Crippen molar-refractivity contribution >= 4 is 0 Å². The molecule has 0 spiro atoms. The van der Waals surface area contributed by atoms with Crippen molar-refractivity contribution in [3.63, 3.8) is 0 Å². The average molecular weight is 529 g/mol. The van der Waals surface area contributed by atoms with E-state index in [1.165, 1.54) is 0 Å². The Morgan fingerprint density at radius 3 is 1.47 bits per heavy atom. The summed E-state index contributed by atoms with van der Waals surface area (Å²) in [6.07, 6.45) is 0.391. The van der Waals surface area contributed by atoms with Crippen molar-refractivity contribution in [1.82, 2.24) is 9.80 Å². The van der Waals surface area contributed by atoms with E-state index in [2.05, 4.69) is 35.8 Å². The van der Waals surface area contributed by atoms with Gasteiger partial charge in [0.05, 0.1) is 37.6 Å². The van der Waals surface area contributed by atoms with Gasteiger partial charge in [0, 0.05) is 39.3 Å². The van der Waals surface area contributed by atoms with E-state index < -0.39 is 24.4 Å². The summed E-state index contributed by atoms with van der Waals surface area (Å²) in [5.74, 6) is 1.74. The number of aliphatic hydroxyl groups is 4. The molecule has 2 aliphatic rings. The number of β-amino-alcohol motifs (C(OH)–C–C–N with tert-alkyl or cyclic N) is 2. The highest BCUT2D eigenvalue weighted by atomic mass is 16.5. The van der Waals surface area contributed by atoms with E-state index >= 15 is 0 Å². The van der Waals surface area contributed by atoms with Crippen molar-refractivity contribution in [1.29, 1.82) is 0 Å². The van der Waals surface area contributed by atoms with E-state index in [1.807, 2.05) is 24.3 Å². The molecule has 0 unspecified atom stereocenters. The van der Waals surface area contributed by atoms with Gasteiger partial charge in [-0.1, -0.05) is 24.3 Å². The Bertz CT molecular complexity index is 952. The molecule has 2 aliphatic heterocycles. The molecule has 0 aliphatic carbocycles. The Hall–Kier alpha value is -2.20. The zero-order valence-corrected chi connectivity index (χ0v) is 22.8. The fraction of sp³-hybridized carbons (Fsp3) is 0.600. The first kappa shape index (κ1) is 28.8. The van der Waals surface area contributed by atoms with Crippen molar-refractivity contribution in [3.05, 3.63) is 47.5 Å². The lowest BCUT2D eigenvalue weighted by molar-refractivity contribution is -0.0389. The van der Waals surface area contributed by atoms with Crippen LogP contribution in [0.5, 0.6) is 11.5 Å². The summed E-state index contributed by atoms with van der Waals surface area (Å²) in [5.41, 5.74) is 4.43. The van der Waals surface area contributed by atoms with Crippen LogP contribution in [0.2, 0.25) is 0 Å². The largest absolute Gasteiger partial charge is 0.493 e. The molecule has 8 nitrogen and oxygen atoms in total. The maximum atomic E-state index is 9.88. The number of nitrogens with zero attached hydrogens (tertiary/aromatic N) is 2. The molecule has 0 amide bonds. The second kappa shape index (κ2) is 13.7. The second-order valence-corrected chi connectivity index (χ2v) is 10.7. The van der Waals surface area contributed by atoms with E-state index in [-0.39, 0.29) is 0 Å². The molecule has 2 aromatic carbocycles. The molecule has 38 heavy (non-hydrogen) atoms. The fourth-order valence-corrected chi connectivity index (χ4v) is 5.44. The minimum absolute atomic E-state index is 0.513. The number of ether oxygens (including phenoxy) is 2. The zero-order valence-electron chi connectivity index (χ0n) is 22.8. The first-order valence-electron chi connectivity index (χ1n) is 14.0. The third-order valence-corrected chi connectivity index (χ3v) is 7.87. The molecule has 210 valence electrons. The number of hydrogen-bond donors (Lipinski definition) is 4. The van der Waals surface area contributed by atoms with E-state index in [1.54, 1.807) is 0 Å². The topological polar surface area (TPSA) is 106 Å². The molecule has 0 saturated carbocycles. The predicted octanol–water partition coefficient (Wildman–Crippen LogP) is 2.36. The summed E-state index contributed by atoms with van der Waals surface area (Å²) in [4.78, 5) is 4.36. The Balaban J connectivity index is 1.29. The Morgan fingerprint density at radius 2 is 1.08 bits per heavy atom. The van der Waals surface area contributed by atoms with Crippen molar-refractivity contribution in [3.8, 4) is 22.6 Å². The van der Waals surface area contributed by atoms with E-state index in [0.717, 1.165) is 72.8 Å². The smallest absolute Gasteiger partial charge is 0.122 e. The van der Waals surface area contributed by atoms with E-state index in [9.17, 15) is 20.4 Å². The second-order valence-electron chi connectivity index (χ2n) is 10.7. The highest BCUT2D eigenvalue weighted by Crippen LogP contribution is 2.35. The summed E-state index contributed by atoms with van der Waals surface area (Å²) in [5, 5.41) is 39.2. The van der Waals surface area contributed by atoms with Crippen LogP contribution in [0.3, 0.4) is 0 Å². The summed E-state index contributed by atoms with van der Waals surface area (Å²) >= 11 is 0. The third kappa shape index (κ3) is 7.46. The van der Waals surface area contributed by atoms with Gasteiger partial charge in [-0.05, 0) is 73.9 Å². The molecule has 2 fully saturated rings. The third-order valence-electron chi connectivity index (χ3n) is 7.87. The number of benzene rings is 2. The molecule has 4 rings (SSSR count). The van der Waals surface area contributed by atoms with Crippen LogP contribution in [0.15, 0.2) is 36.4 Å². The minimum atomic E-state index is -0.662. The quantitative estimate of drug-likeness (QED) is 0.330. The standard InChI is InChI=1S/C30H44N2O6/c1-21-23(7-3-9-29(21)37-17-5-13-31-15-11-25(33)27(35)19-31)24-8-4-10-30(22(24)2)38-18-6-14-32-16-12-26(34)28(36)20-32/h3-4,7-10,25-28,33-36H,5-6,11-20H2,1-2H3/t25-,26-,27-,28-/m0/s1. The van der Waals surface area contributed by atoms with Crippen molar-refractivity contribution in [2.24, 2.45) is 0 Å². The van der Waals surface area contributed by atoms with Gasteiger partial charge in [0.2, 0.25) is 0 Å². The van der Waals surface area contributed by atoms with Crippen LogP contribution >= 0.6 is 0 Å². The van der Waals surface area contributed by atoms with Gasteiger partial charge in [0.15, 0.2) is 0 Å². The summed E-state index contributed by atoms with van der Waals surface area (Å²) < 4.78 is 12.3.